The molecule has 0 saturated carbocycles. The Morgan fingerprint density at radius 2 is 1.83 bits per heavy atom. The molecule has 0 bridgehead atoms. The fourth-order valence-electron chi connectivity index (χ4n) is 7.30. The van der Waals surface area contributed by atoms with Gasteiger partial charge in [0.15, 0.2) is 0 Å². The third kappa shape index (κ3) is 10.3. The van der Waals surface area contributed by atoms with Crippen molar-refractivity contribution < 1.29 is 23.4 Å². The van der Waals surface area contributed by atoms with Crippen LogP contribution in [0.2, 0.25) is 5.02 Å². The Kier molecular flexibility index (Phi) is 13.8. The van der Waals surface area contributed by atoms with E-state index in [0.717, 1.165) is 78.9 Å². The van der Waals surface area contributed by atoms with Gasteiger partial charge in [-0.3, -0.25) is 9.78 Å². The summed E-state index contributed by atoms with van der Waals surface area (Å²) in [6, 6.07) is 20.2. The molecule has 11 heteroatoms. The van der Waals surface area contributed by atoms with Gasteiger partial charge in [-0.1, -0.05) is 41.9 Å². The van der Waals surface area contributed by atoms with Gasteiger partial charge < -0.3 is 30.2 Å². The molecule has 54 heavy (non-hydrogen) atoms. The number of carbonyl (C=O) groups is 1. The van der Waals surface area contributed by atoms with E-state index in [0.29, 0.717) is 67.5 Å². The zero-order valence-corrected chi connectivity index (χ0v) is 31.7. The summed E-state index contributed by atoms with van der Waals surface area (Å²) in [7, 11) is 0. The van der Waals surface area contributed by atoms with Gasteiger partial charge >= 0.3 is 0 Å². The lowest BCUT2D eigenvalue weighted by Gasteiger charge is -2.28. The molecule has 1 amide bonds. The van der Waals surface area contributed by atoms with Crippen LogP contribution in [0.3, 0.4) is 0 Å². The second-order valence-corrected chi connectivity index (χ2v) is 14.5. The highest BCUT2D eigenvalue weighted by Gasteiger charge is 2.28. The van der Waals surface area contributed by atoms with Gasteiger partial charge in [0.2, 0.25) is 5.91 Å². The molecule has 1 atom stereocenters. The molecule has 0 unspecified atom stereocenters. The number of nitrogens with zero attached hydrogens (tertiary/aromatic N) is 3. The number of hydrogen-bond donors (Lipinski definition) is 2. The van der Waals surface area contributed by atoms with Gasteiger partial charge in [-0.2, -0.15) is 5.26 Å². The monoisotopic (exact) mass is 753 g/mol. The van der Waals surface area contributed by atoms with Crippen LogP contribution in [0, 0.1) is 18.3 Å². The maximum Gasteiger partial charge on any atom is 0.217 e. The lowest BCUT2D eigenvalue weighted by atomic mass is 9.93. The number of likely N-dealkylation sites (tertiary alicyclic amines) is 1. The van der Waals surface area contributed by atoms with Crippen LogP contribution >= 0.6 is 11.6 Å². The number of carbonyl (C=O) groups excluding carboxylic acids is 1. The Bertz CT molecular complexity index is 1940. The number of nitrogens with one attached hydrogen (secondary N) is 1. The van der Waals surface area contributed by atoms with E-state index in [1.165, 1.54) is 17.3 Å². The number of rotatable bonds is 18. The smallest absolute Gasteiger partial charge is 0.217 e. The van der Waals surface area contributed by atoms with Gasteiger partial charge in [-0.25, -0.2) is 4.39 Å². The third-order valence-electron chi connectivity index (χ3n) is 10.2. The molecular weight excluding hydrogens is 705 g/mol. The van der Waals surface area contributed by atoms with Crippen molar-refractivity contribution in [3.8, 4) is 34.4 Å². The van der Waals surface area contributed by atoms with Crippen molar-refractivity contribution in [2.45, 2.75) is 83.7 Å². The minimum atomic E-state index is -0.656. The molecule has 2 heterocycles. The van der Waals surface area contributed by atoms with E-state index in [4.69, 9.17) is 31.5 Å². The fourth-order valence-corrected chi connectivity index (χ4v) is 7.53. The van der Waals surface area contributed by atoms with E-state index in [-0.39, 0.29) is 18.6 Å². The summed E-state index contributed by atoms with van der Waals surface area (Å²) >= 11 is 6.89. The van der Waals surface area contributed by atoms with Gasteiger partial charge in [-0.05, 0) is 104 Å². The summed E-state index contributed by atoms with van der Waals surface area (Å²) in [6.45, 7) is 6.71. The lowest BCUT2D eigenvalue weighted by molar-refractivity contribution is -0.118. The molecule has 284 valence electrons. The molecule has 6 rings (SSSR count). The van der Waals surface area contributed by atoms with Gasteiger partial charge in [0.05, 0.1) is 17.2 Å². The zero-order valence-electron chi connectivity index (χ0n) is 30.9. The summed E-state index contributed by atoms with van der Waals surface area (Å²) in [5.74, 6) is 1.73. The van der Waals surface area contributed by atoms with E-state index in [1.807, 2.05) is 18.2 Å². The SMILES string of the molecule is Cc1c(OCCCN2CCC(F)CC2)cccc1-c1cccc2c1CC[C@@H]2Oc1cc(OCc2cncc(C#N)c2)c(CNCCCCC(N)=O)cc1Cl. The van der Waals surface area contributed by atoms with E-state index < -0.39 is 6.17 Å². The second kappa shape index (κ2) is 19.1. The fraction of sp³-hybridized carbons (Fsp3) is 0.419. The summed E-state index contributed by atoms with van der Waals surface area (Å²) in [6.07, 6.45) is 8.05. The number of primary amides is 1. The number of ether oxygens (including phenoxy) is 3. The third-order valence-corrected chi connectivity index (χ3v) is 10.5. The standard InChI is InChI=1S/C43H49ClFN5O4/c1-29-34(7-5-10-39(29)52-20-6-17-50-18-14-33(45)15-19-50)35-8-4-9-37-36(35)12-13-40(37)54-42-23-41(53-28-31-21-30(24-46)25-49-26-31)32(22-38(42)44)27-48-16-3-2-11-43(47)51/h4-5,7-10,21-23,25-26,33,40,48H,2-3,6,11-20,27-28H2,1H3,(H2,47,51)/t40-/m0/s1. The first kappa shape index (κ1) is 39.0. The predicted octanol–water partition coefficient (Wildman–Crippen LogP) is 8.18. The normalized spacial score (nSPS) is 15.8. The number of pyridine rings is 1. The van der Waals surface area contributed by atoms with Crippen molar-refractivity contribution in [2.75, 3.05) is 32.8 Å². The summed E-state index contributed by atoms with van der Waals surface area (Å²) in [5, 5.41) is 13.2. The summed E-state index contributed by atoms with van der Waals surface area (Å²) in [4.78, 5) is 17.6. The average Bonchev–Trinajstić information content (AvgIpc) is 3.59. The Balaban J connectivity index is 1.15. The molecule has 1 saturated heterocycles. The van der Waals surface area contributed by atoms with Crippen LogP contribution in [0.5, 0.6) is 17.2 Å². The molecule has 9 nitrogen and oxygen atoms in total. The molecule has 4 aromatic rings. The van der Waals surface area contributed by atoms with Gasteiger partial charge in [0.1, 0.15) is 42.2 Å². The molecule has 1 aromatic heterocycles. The number of piperidine rings is 1. The summed E-state index contributed by atoms with van der Waals surface area (Å²) < 4.78 is 32.8. The first-order chi connectivity index (χ1) is 26.3. The lowest BCUT2D eigenvalue weighted by Crippen LogP contribution is -2.35. The van der Waals surface area contributed by atoms with Gasteiger partial charge in [0, 0.05) is 62.2 Å². The number of hydrogen-bond acceptors (Lipinski definition) is 8. The highest BCUT2D eigenvalue weighted by Crippen LogP contribution is 2.44. The molecule has 3 N–H and O–H groups in total. The van der Waals surface area contributed by atoms with E-state index >= 15 is 0 Å². The van der Waals surface area contributed by atoms with Crippen molar-refractivity contribution in [3.05, 3.63) is 105 Å². The van der Waals surface area contributed by atoms with Gasteiger partial charge in [0.25, 0.3) is 0 Å². The largest absolute Gasteiger partial charge is 0.493 e. The predicted molar refractivity (Wildman–Crippen MR) is 208 cm³/mol. The number of nitrogens with two attached hydrogens (primary N) is 1. The average molecular weight is 754 g/mol. The van der Waals surface area contributed by atoms with Gasteiger partial charge in [-0.15, -0.1) is 0 Å². The highest BCUT2D eigenvalue weighted by atomic mass is 35.5. The number of aromatic nitrogens is 1. The Labute approximate surface area is 322 Å². The van der Waals surface area contributed by atoms with Crippen molar-refractivity contribution >= 4 is 17.5 Å². The molecule has 3 aromatic carbocycles. The number of benzene rings is 3. The maximum atomic E-state index is 13.5. The molecule has 1 aliphatic heterocycles. The topological polar surface area (TPSA) is 123 Å². The van der Waals surface area contributed by atoms with Crippen molar-refractivity contribution in [1.82, 2.24) is 15.2 Å². The van der Waals surface area contributed by atoms with E-state index in [2.05, 4.69) is 58.5 Å². The Morgan fingerprint density at radius 3 is 2.65 bits per heavy atom. The zero-order chi connectivity index (χ0) is 37.9. The van der Waals surface area contributed by atoms with Crippen LogP contribution < -0.4 is 25.3 Å². The van der Waals surface area contributed by atoms with Crippen LogP contribution in [-0.4, -0.2) is 54.7 Å². The minimum Gasteiger partial charge on any atom is -0.493 e. The Hall–Kier alpha value is -4.69. The quantitative estimate of drug-likeness (QED) is 0.0977. The van der Waals surface area contributed by atoms with Crippen molar-refractivity contribution in [2.24, 2.45) is 5.73 Å². The number of halogens is 2. The summed E-state index contributed by atoms with van der Waals surface area (Å²) in [5.41, 5.74) is 13.2. The maximum absolute atomic E-state index is 13.5. The van der Waals surface area contributed by atoms with E-state index in [9.17, 15) is 14.4 Å². The Morgan fingerprint density at radius 1 is 1.02 bits per heavy atom. The molecule has 1 fully saturated rings. The number of fused-ring (bicyclic) bond motifs is 1. The van der Waals surface area contributed by atoms with Crippen LogP contribution in [0.4, 0.5) is 4.39 Å². The number of amides is 1. The molecule has 0 radical (unpaired) electrons. The van der Waals surface area contributed by atoms with E-state index in [1.54, 1.807) is 12.3 Å². The first-order valence-corrected chi connectivity index (χ1v) is 19.3. The number of unbranched alkanes of at least 4 members (excludes halogenated alkanes) is 1. The van der Waals surface area contributed by atoms with Crippen LogP contribution in [0.15, 0.2) is 67.0 Å². The van der Waals surface area contributed by atoms with Crippen molar-refractivity contribution in [3.63, 3.8) is 0 Å². The number of nitriles is 1. The first-order valence-electron chi connectivity index (χ1n) is 18.9. The second-order valence-electron chi connectivity index (χ2n) is 14.1. The van der Waals surface area contributed by atoms with Crippen LogP contribution in [0.25, 0.3) is 11.1 Å². The highest BCUT2D eigenvalue weighted by molar-refractivity contribution is 6.32. The molecule has 1 aliphatic carbocycles. The minimum absolute atomic E-state index is 0.196. The molecule has 2 aliphatic rings. The number of alkyl halides is 1. The molecular formula is C43H49ClFN5O4. The molecule has 0 spiro atoms. The van der Waals surface area contributed by atoms with Crippen LogP contribution in [-0.2, 0) is 24.4 Å². The van der Waals surface area contributed by atoms with Crippen molar-refractivity contribution in [1.29, 1.82) is 5.26 Å². The van der Waals surface area contributed by atoms with Crippen LogP contribution in [0.1, 0.15) is 84.4 Å².